The molecule has 8 heteroatoms. The zero-order valence-corrected chi connectivity index (χ0v) is 19.4. The van der Waals surface area contributed by atoms with Gasteiger partial charge in [-0.3, -0.25) is 9.69 Å². The Morgan fingerprint density at radius 3 is 2.38 bits per heavy atom. The molecule has 0 aliphatic carbocycles. The molecule has 1 heterocycles. The van der Waals surface area contributed by atoms with Crippen molar-refractivity contribution < 1.29 is 19.1 Å². The predicted molar refractivity (Wildman–Crippen MR) is 131 cm³/mol. The van der Waals surface area contributed by atoms with Gasteiger partial charge in [-0.1, -0.05) is 24.3 Å². The highest BCUT2D eigenvalue weighted by Gasteiger charge is 2.22. The second kappa shape index (κ2) is 10.4. The molecule has 0 radical (unpaired) electrons. The molecule has 0 unspecified atom stereocenters. The molecule has 1 amide bonds. The van der Waals surface area contributed by atoms with Crippen molar-refractivity contribution >= 4 is 17.3 Å². The smallest absolute Gasteiger partial charge is 0.304 e. The van der Waals surface area contributed by atoms with E-state index in [1.807, 2.05) is 24.3 Å². The fourth-order valence-electron chi connectivity index (χ4n) is 4.23. The Morgan fingerprint density at radius 1 is 1.03 bits per heavy atom. The fraction of sp³-hybridized carbons (Fsp3) is 0.269. The molecule has 3 aromatic rings. The number of amides is 1. The first-order valence-corrected chi connectivity index (χ1v) is 11.2. The van der Waals surface area contributed by atoms with E-state index in [1.54, 1.807) is 32.4 Å². The molecule has 0 aromatic heterocycles. The SMILES string of the molecule is COc1cc2c(cc1OC)CN(CCc1ccc(NC(=O)c3ccccc3[N+](N)=O)cc1)CC2. The molecular weight excluding hydrogens is 432 g/mol. The topological polar surface area (TPSA) is 96.9 Å². The van der Waals surface area contributed by atoms with Gasteiger partial charge in [0, 0.05) is 31.4 Å². The van der Waals surface area contributed by atoms with Gasteiger partial charge in [-0.15, -0.1) is 0 Å². The van der Waals surface area contributed by atoms with Crippen LogP contribution in [0.15, 0.2) is 60.7 Å². The summed E-state index contributed by atoms with van der Waals surface area (Å²) in [6.07, 6.45) is 1.88. The van der Waals surface area contributed by atoms with Gasteiger partial charge in [-0.05, 0) is 59.9 Å². The Balaban J connectivity index is 1.34. The molecule has 4 rings (SSSR count). The van der Waals surface area contributed by atoms with Crippen LogP contribution in [0.5, 0.6) is 11.5 Å². The summed E-state index contributed by atoms with van der Waals surface area (Å²) in [7, 11) is 3.32. The molecule has 176 valence electrons. The predicted octanol–water partition coefficient (Wildman–Crippen LogP) is 3.84. The van der Waals surface area contributed by atoms with Gasteiger partial charge in [0.05, 0.1) is 19.1 Å². The van der Waals surface area contributed by atoms with Gasteiger partial charge < -0.3 is 14.8 Å². The number of hydrogen-bond donors (Lipinski definition) is 2. The molecule has 3 N–H and O–H groups in total. The second-order valence-electron chi connectivity index (χ2n) is 8.25. The Morgan fingerprint density at radius 2 is 1.71 bits per heavy atom. The lowest BCUT2D eigenvalue weighted by Gasteiger charge is -2.29. The minimum absolute atomic E-state index is 0.121. The fourth-order valence-corrected chi connectivity index (χ4v) is 4.23. The van der Waals surface area contributed by atoms with Crippen LogP contribution in [0.2, 0.25) is 0 Å². The molecule has 8 nitrogen and oxygen atoms in total. The number of rotatable bonds is 8. The normalized spacial score (nSPS) is 13.1. The van der Waals surface area contributed by atoms with Crippen molar-refractivity contribution in [2.24, 2.45) is 5.84 Å². The molecule has 0 saturated carbocycles. The minimum atomic E-state index is -0.381. The van der Waals surface area contributed by atoms with Crippen molar-refractivity contribution in [3.05, 3.63) is 87.8 Å². The van der Waals surface area contributed by atoms with E-state index in [9.17, 15) is 9.70 Å². The number of fused-ring (bicyclic) bond motifs is 1. The third-order valence-electron chi connectivity index (χ3n) is 6.11. The third kappa shape index (κ3) is 5.18. The maximum atomic E-state index is 12.6. The number of hydrazine groups is 1. The summed E-state index contributed by atoms with van der Waals surface area (Å²) in [6.45, 7) is 2.80. The van der Waals surface area contributed by atoms with Crippen LogP contribution in [0.25, 0.3) is 0 Å². The molecule has 1 aliphatic heterocycles. The number of hydrogen-bond acceptors (Lipinski definition) is 5. The van der Waals surface area contributed by atoms with E-state index in [4.69, 9.17) is 15.3 Å². The number of carbonyl (C=O) groups excluding carboxylic acids is 1. The van der Waals surface area contributed by atoms with E-state index in [0.29, 0.717) is 5.69 Å². The molecule has 1 aliphatic rings. The zero-order valence-electron chi connectivity index (χ0n) is 19.4. The van der Waals surface area contributed by atoms with Crippen LogP contribution in [0.3, 0.4) is 0 Å². The highest BCUT2D eigenvalue weighted by Crippen LogP contribution is 2.33. The summed E-state index contributed by atoms with van der Waals surface area (Å²) in [5.41, 5.74) is 4.77. The summed E-state index contributed by atoms with van der Waals surface area (Å²) in [6, 6.07) is 18.4. The number of carbonyl (C=O) groups is 1. The lowest BCUT2D eigenvalue weighted by molar-refractivity contribution is -0.474. The van der Waals surface area contributed by atoms with Crippen LogP contribution >= 0.6 is 0 Å². The highest BCUT2D eigenvalue weighted by molar-refractivity contribution is 6.07. The van der Waals surface area contributed by atoms with Gasteiger partial charge in [0.25, 0.3) is 5.91 Å². The van der Waals surface area contributed by atoms with Crippen LogP contribution in [-0.2, 0) is 19.4 Å². The second-order valence-corrected chi connectivity index (χ2v) is 8.25. The summed E-state index contributed by atoms with van der Waals surface area (Å²) < 4.78 is 10.9. The van der Waals surface area contributed by atoms with E-state index in [2.05, 4.69) is 22.3 Å². The Hall–Kier alpha value is -3.91. The number of nitrogens with one attached hydrogen (secondary N) is 1. The minimum Gasteiger partial charge on any atom is -0.493 e. The summed E-state index contributed by atoms with van der Waals surface area (Å²) in [4.78, 5) is 26.7. The summed E-state index contributed by atoms with van der Waals surface area (Å²) in [5.74, 6) is 6.45. The molecule has 0 atom stereocenters. The van der Waals surface area contributed by atoms with Gasteiger partial charge >= 0.3 is 5.69 Å². The van der Waals surface area contributed by atoms with Crippen molar-refractivity contribution in [2.45, 2.75) is 19.4 Å². The van der Waals surface area contributed by atoms with Gasteiger partial charge in [-0.2, -0.15) is 5.84 Å². The molecule has 0 spiro atoms. The Bertz CT molecular complexity index is 1190. The number of nitroso groups, excluding NO2 is 1. The van der Waals surface area contributed by atoms with Gasteiger partial charge in [0.2, 0.25) is 0 Å². The number of para-hydroxylation sites is 1. The molecule has 34 heavy (non-hydrogen) atoms. The maximum Gasteiger partial charge on any atom is 0.304 e. The Kier molecular flexibility index (Phi) is 7.08. The van der Waals surface area contributed by atoms with E-state index in [0.717, 1.165) is 44.0 Å². The lowest BCUT2D eigenvalue weighted by atomic mass is 9.98. The number of nitrogens with two attached hydrogens (primary N) is 1. The molecule has 3 aromatic carbocycles. The monoisotopic (exact) mass is 461 g/mol. The van der Waals surface area contributed by atoms with E-state index >= 15 is 0 Å². The average Bonchev–Trinajstić information content (AvgIpc) is 2.87. The number of methoxy groups -OCH3 is 2. The van der Waals surface area contributed by atoms with Crippen LogP contribution in [0.4, 0.5) is 11.4 Å². The van der Waals surface area contributed by atoms with Crippen molar-refractivity contribution in [2.75, 3.05) is 32.6 Å². The van der Waals surface area contributed by atoms with Crippen molar-refractivity contribution in [1.29, 1.82) is 0 Å². The van der Waals surface area contributed by atoms with E-state index in [1.165, 1.54) is 22.8 Å². The number of nitrogens with zero attached hydrogens (tertiary/aromatic N) is 2. The summed E-state index contributed by atoms with van der Waals surface area (Å²) in [5, 5.41) is 2.82. The van der Waals surface area contributed by atoms with Crippen molar-refractivity contribution in [3.63, 3.8) is 0 Å². The summed E-state index contributed by atoms with van der Waals surface area (Å²) >= 11 is 0. The highest BCUT2D eigenvalue weighted by atomic mass is 16.5. The Labute approximate surface area is 198 Å². The van der Waals surface area contributed by atoms with Crippen molar-refractivity contribution in [3.8, 4) is 11.5 Å². The maximum absolute atomic E-state index is 12.6. The first kappa shape index (κ1) is 23.3. The zero-order chi connectivity index (χ0) is 24.1. The first-order valence-electron chi connectivity index (χ1n) is 11.2. The van der Waals surface area contributed by atoms with Crippen molar-refractivity contribution in [1.82, 2.24) is 4.90 Å². The largest absolute Gasteiger partial charge is 0.493 e. The van der Waals surface area contributed by atoms with E-state index in [-0.39, 0.29) is 22.0 Å². The molecule has 0 fully saturated rings. The van der Waals surface area contributed by atoms with Gasteiger partial charge in [0.15, 0.2) is 16.4 Å². The van der Waals surface area contributed by atoms with Gasteiger partial charge in [0.1, 0.15) is 5.56 Å². The lowest BCUT2D eigenvalue weighted by Crippen LogP contribution is -2.32. The molecule has 0 bridgehead atoms. The molecule has 0 saturated heterocycles. The standard InChI is InChI=1S/C26H28N4O4/c1-33-24-15-19-12-14-29(17-20(19)16-25(24)34-2)13-11-18-7-9-21(10-8-18)28-26(31)22-5-3-4-6-23(22)30(27)32/h3-10,15-16H,11-14,17H2,1-2H3,(H2-,27,28,31,32)/p+1. The van der Waals surface area contributed by atoms with Crippen LogP contribution in [0.1, 0.15) is 27.0 Å². The van der Waals surface area contributed by atoms with Crippen LogP contribution in [0, 0.1) is 4.91 Å². The van der Waals surface area contributed by atoms with Gasteiger partial charge in [-0.25, -0.2) is 0 Å². The van der Waals surface area contributed by atoms with E-state index < -0.39 is 0 Å². The number of anilines is 1. The third-order valence-corrected chi connectivity index (χ3v) is 6.11. The number of ether oxygens (including phenoxy) is 2. The number of benzene rings is 3. The first-order chi connectivity index (χ1) is 16.5. The quantitative estimate of drug-likeness (QED) is 0.301. The molecular formula is C26H29N4O4+. The average molecular weight is 462 g/mol. The van der Waals surface area contributed by atoms with Crippen LogP contribution < -0.4 is 20.6 Å². The van der Waals surface area contributed by atoms with Crippen LogP contribution in [-0.4, -0.2) is 43.0 Å².